The van der Waals surface area contributed by atoms with Gasteiger partial charge in [0.2, 0.25) is 0 Å². The number of imidazole rings is 1. The molecule has 5 heteroatoms. The molecule has 5 nitrogen and oxygen atoms in total. The lowest BCUT2D eigenvalue weighted by atomic mass is 9.85. The second-order valence-corrected chi connectivity index (χ2v) is 5.41. The van der Waals surface area contributed by atoms with Crippen LogP contribution < -0.4 is 5.73 Å². The van der Waals surface area contributed by atoms with Crippen molar-refractivity contribution >= 4 is 0 Å². The molecule has 2 aliphatic heterocycles. The third-order valence-electron chi connectivity index (χ3n) is 4.08. The molecule has 3 rings (SSSR count). The first-order valence-corrected chi connectivity index (χ1v) is 6.25. The highest BCUT2D eigenvalue weighted by atomic mass is 16.5. The second-order valence-electron chi connectivity index (χ2n) is 5.41. The number of nitrogens with zero attached hydrogens (tertiary/aromatic N) is 2. The van der Waals surface area contributed by atoms with Crippen LogP contribution in [0.5, 0.6) is 0 Å². The van der Waals surface area contributed by atoms with Crippen LogP contribution in [0.25, 0.3) is 0 Å². The molecule has 1 unspecified atom stereocenters. The van der Waals surface area contributed by atoms with Crippen molar-refractivity contribution in [3.8, 4) is 0 Å². The molecule has 0 spiro atoms. The van der Waals surface area contributed by atoms with Crippen molar-refractivity contribution in [1.29, 1.82) is 0 Å². The van der Waals surface area contributed by atoms with Crippen molar-refractivity contribution in [1.82, 2.24) is 14.9 Å². The van der Waals surface area contributed by atoms with Crippen LogP contribution in [-0.2, 0) is 10.2 Å². The predicted octanol–water partition coefficient (Wildman–Crippen LogP) is 0.0555. The molecule has 0 saturated carbocycles. The first-order valence-electron chi connectivity index (χ1n) is 6.25. The maximum absolute atomic E-state index is 5.84. The smallest absolute Gasteiger partial charge is 0.118 e. The zero-order valence-electron chi connectivity index (χ0n) is 10.3. The topological polar surface area (TPSA) is 67.2 Å². The molecule has 3 heterocycles. The summed E-state index contributed by atoms with van der Waals surface area (Å²) in [6.07, 6.45) is 3.19. The monoisotopic (exact) mass is 236 g/mol. The average molecular weight is 236 g/mol. The third kappa shape index (κ3) is 1.78. The van der Waals surface area contributed by atoms with Gasteiger partial charge in [0.15, 0.2) is 0 Å². The van der Waals surface area contributed by atoms with Crippen LogP contribution in [0, 0.1) is 0 Å². The van der Waals surface area contributed by atoms with Crippen LogP contribution in [0.2, 0.25) is 0 Å². The Balaban J connectivity index is 1.78. The van der Waals surface area contributed by atoms with Crippen LogP contribution in [0.1, 0.15) is 23.9 Å². The van der Waals surface area contributed by atoms with E-state index in [2.05, 4.69) is 21.9 Å². The Morgan fingerprint density at radius 2 is 2.47 bits per heavy atom. The molecule has 0 aromatic carbocycles. The van der Waals surface area contributed by atoms with Gasteiger partial charge >= 0.3 is 0 Å². The van der Waals surface area contributed by atoms with Crippen LogP contribution in [0.3, 0.4) is 0 Å². The molecule has 0 amide bonds. The van der Waals surface area contributed by atoms with E-state index < -0.39 is 0 Å². The molecule has 94 valence electrons. The maximum atomic E-state index is 5.84. The van der Waals surface area contributed by atoms with E-state index in [1.54, 1.807) is 0 Å². The van der Waals surface area contributed by atoms with Crippen molar-refractivity contribution < 1.29 is 4.74 Å². The van der Waals surface area contributed by atoms with Gasteiger partial charge in [-0.25, -0.2) is 4.98 Å². The summed E-state index contributed by atoms with van der Waals surface area (Å²) in [5, 5.41) is 0. The van der Waals surface area contributed by atoms with Crippen molar-refractivity contribution in [3.05, 3.63) is 17.7 Å². The SMILES string of the molecule is CN1CCC(c2cnc(C3(CN)COC3)[nH]2)C1. The molecule has 17 heavy (non-hydrogen) atoms. The van der Waals surface area contributed by atoms with Crippen molar-refractivity contribution in [2.24, 2.45) is 5.73 Å². The Bertz CT molecular complexity index is 393. The molecule has 1 aromatic rings. The van der Waals surface area contributed by atoms with Gasteiger partial charge in [0, 0.05) is 30.9 Å². The van der Waals surface area contributed by atoms with Gasteiger partial charge in [0.25, 0.3) is 0 Å². The van der Waals surface area contributed by atoms with Crippen molar-refractivity contribution in [2.75, 3.05) is 39.9 Å². The number of H-pyrrole nitrogens is 1. The molecule has 2 fully saturated rings. The highest BCUT2D eigenvalue weighted by Crippen LogP contribution is 2.31. The second kappa shape index (κ2) is 4.08. The van der Waals surface area contributed by atoms with Gasteiger partial charge in [-0.3, -0.25) is 0 Å². The highest BCUT2D eigenvalue weighted by molar-refractivity contribution is 5.19. The number of likely N-dealkylation sites (tertiary alicyclic amines) is 1. The molecule has 3 N–H and O–H groups in total. The first kappa shape index (κ1) is 11.2. The number of rotatable bonds is 3. The van der Waals surface area contributed by atoms with Gasteiger partial charge in [0.1, 0.15) is 5.82 Å². The third-order valence-corrected chi connectivity index (χ3v) is 4.08. The molecular weight excluding hydrogens is 216 g/mol. The summed E-state index contributed by atoms with van der Waals surface area (Å²) in [6.45, 7) is 4.28. The molecule has 2 saturated heterocycles. The largest absolute Gasteiger partial charge is 0.379 e. The lowest BCUT2D eigenvalue weighted by Gasteiger charge is -2.38. The molecule has 2 aliphatic rings. The van der Waals surface area contributed by atoms with E-state index in [1.807, 2.05) is 6.20 Å². The lowest BCUT2D eigenvalue weighted by Crippen LogP contribution is -2.53. The van der Waals surface area contributed by atoms with Gasteiger partial charge in [-0.05, 0) is 20.0 Å². The number of likely N-dealkylation sites (N-methyl/N-ethyl adjacent to an activating group) is 1. The Labute approximate surface area is 101 Å². The fraction of sp³-hybridized carbons (Fsp3) is 0.750. The number of nitrogens with one attached hydrogen (secondary N) is 1. The fourth-order valence-corrected chi connectivity index (χ4v) is 2.70. The van der Waals surface area contributed by atoms with Crippen molar-refractivity contribution in [2.45, 2.75) is 17.8 Å². The standard InChI is InChI=1S/C12H20N4O/c1-16-3-2-9(5-16)10-4-14-11(15-10)12(6-13)7-17-8-12/h4,9H,2-3,5-8,13H2,1H3,(H,14,15). The summed E-state index contributed by atoms with van der Waals surface area (Å²) in [7, 11) is 2.17. The molecule has 0 radical (unpaired) electrons. The van der Waals surface area contributed by atoms with E-state index >= 15 is 0 Å². The average Bonchev–Trinajstić information content (AvgIpc) is 2.86. The normalized spacial score (nSPS) is 28.2. The number of aromatic nitrogens is 2. The summed E-state index contributed by atoms with van der Waals surface area (Å²) >= 11 is 0. The van der Waals surface area contributed by atoms with E-state index in [1.165, 1.54) is 18.7 Å². The van der Waals surface area contributed by atoms with Crippen LogP contribution in [0.4, 0.5) is 0 Å². The fourth-order valence-electron chi connectivity index (χ4n) is 2.70. The lowest BCUT2D eigenvalue weighted by molar-refractivity contribution is -0.0590. The molecule has 1 aromatic heterocycles. The molecular formula is C12H20N4O. The van der Waals surface area contributed by atoms with Gasteiger partial charge in [0.05, 0.1) is 18.6 Å². The minimum atomic E-state index is -0.0528. The van der Waals surface area contributed by atoms with E-state index in [4.69, 9.17) is 10.5 Å². The number of aromatic amines is 1. The van der Waals surface area contributed by atoms with E-state index in [0.29, 0.717) is 25.7 Å². The number of nitrogens with two attached hydrogens (primary N) is 1. The zero-order valence-corrected chi connectivity index (χ0v) is 10.3. The molecule has 0 bridgehead atoms. The minimum Gasteiger partial charge on any atom is -0.379 e. The predicted molar refractivity (Wildman–Crippen MR) is 65.0 cm³/mol. The molecule has 0 aliphatic carbocycles. The van der Waals surface area contributed by atoms with Crippen LogP contribution >= 0.6 is 0 Å². The Hall–Kier alpha value is -0.910. The summed E-state index contributed by atoms with van der Waals surface area (Å²) in [5.74, 6) is 1.60. The summed E-state index contributed by atoms with van der Waals surface area (Å²) < 4.78 is 5.29. The van der Waals surface area contributed by atoms with E-state index in [-0.39, 0.29) is 5.41 Å². The number of hydrogen-bond acceptors (Lipinski definition) is 4. The van der Waals surface area contributed by atoms with Gasteiger partial charge in [-0.15, -0.1) is 0 Å². The minimum absolute atomic E-state index is 0.0528. The van der Waals surface area contributed by atoms with Crippen LogP contribution in [-0.4, -0.2) is 54.8 Å². The number of ether oxygens (including phenoxy) is 1. The number of hydrogen-bond donors (Lipinski definition) is 2. The van der Waals surface area contributed by atoms with Crippen LogP contribution in [0.15, 0.2) is 6.20 Å². The Kier molecular flexibility index (Phi) is 2.69. The summed E-state index contributed by atoms with van der Waals surface area (Å²) in [4.78, 5) is 10.3. The quantitative estimate of drug-likeness (QED) is 0.778. The van der Waals surface area contributed by atoms with Gasteiger partial charge in [-0.1, -0.05) is 0 Å². The van der Waals surface area contributed by atoms with E-state index in [0.717, 1.165) is 12.4 Å². The van der Waals surface area contributed by atoms with Crippen molar-refractivity contribution in [3.63, 3.8) is 0 Å². The van der Waals surface area contributed by atoms with E-state index in [9.17, 15) is 0 Å². The Morgan fingerprint density at radius 1 is 1.65 bits per heavy atom. The summed E-state index contributed by atoms with van der Waals surface area (Å²) in [5.41, 5.74) is 7.04. The highest BCUT2D eigenvalue weighted by Gasteiger charge is 2.42. The van der Waals surface area contributed by atoms with Gasteiger partial charge in [-0.2, -0.15) is 0 Å². The zero-order chi connectivity index (χ0) is 11.9. The Morgan fingerprint density at radius 3 is 3.00 bits per heavy atom. The summed E-state index contributed by atoms with van der Waals surface area (Å²) in [6, 6.07) is 0. The van der Waals surface area contributed by atoms with Gasteiger partial charge < -0.3 is 20.4 Å². The maximum Gasteiger partial charge on any atom is 0.118 e. The molecule has 1 atom stereocenters. The first-order chi connectivity index (χ1) is 8.23.